The highest BCUT2D eigenvalue weighted by Crippen LogP contribution is 2.22. The molecule has 0 saturated carbocycles. The molecule has 0 aliphatic carbocycles. The Labute approximate surface area is 123 Å². The van der Waals surface area contributed by atoms with Crippen molar-refractivity contribution in [2.45, 2.75) is 19.3 Å². The van der Waals surface area contributed by atoms with Gasteiger partial charge in [-0.2, -0.15) is 5.26 Å². The maximum absolute atomic E-state index is 13.7. The third-order valence-electron chi connectivity index (χ3n) is 3.46. The Morgan fingerprint density at radius 2 is 1.81 bits per heavy atom. The van der Waals surface area contributed by atoms with Gasteiger partial charge in [-0.25, -0.2) is 8.78 Å². The number of rotatable bonds is 5. The lowest BCUT2D eigenvalue weighted by atomic mass is 9.98. The van der Waals surface area contributed by atoms with Crippen molar-refractivity contribution in [3.05, 3.63) is 65.2 Å². The Morgan fingerprint density at radius 1 is 1.10 bits per heavy atom. The molecule has 0 spiro atoms. The van der Waals surface area contributed by atoms with Gasteiger partial charge in [0.25, 0.3) is 0 Å². The fraction of sp³-hybridized carbons (Fsp3) is 0.235. The molecule has 2 nitrogen and oxygen atoms in total. The highest BCUT2D eigenvalue weighted by atomic mass is 19.2. The SMILES string of the molecule is CC(CCNc1ccc(C#N)c(F)c1F)c1ccccc1. The quantitative estimate of drug-likeness (QED) is 0.882. The molecule has 0 aromatic heterocycles. The molecule has 0 amide bonds. The summed E-state index contributed by atoms with van der Waals surface area (Å²) in [5.74, 6) is -1.77. The van der Waals surface area contributed by atoms with Gasteiger partial charge in [0.1, 0.15) is 6.07 Å². The van der Waals surface area contributed by atoms with Gasteiger partial charge in [0.05, 0.1) is 11.3 Å². The van der Waals surface area contributed by atoms with Crippen LogP contribution in [0.25, 0.3) is 0 Å². The molecule has 1 N–H and O–H groups in total. The molecule has 0 aliphatic rings. The van der Waals surface area contributed by atoms with Gasteiger partial charge in [-0.15, -0.1) is 0 Å². The van der Waals surface area contributed by atoms with Crippen LogP contribution in [-0.2, 0) is 0 Å². The lowest BCUT2D eigenvalue weighted by Gasteiger charge is -2.13. The maximum Gasteiger partial charge on any atom is 0.183 e. The van der Waals surface area contributed by atoms with E-state index < -0.39 is 11.6 Å². The van der Waals surface area contributed by atoms with E-state index in [-0.39, 0.29) is 11.3 Å². The van der Waals surface area contributed by atoms with Gasteiger partial charge in [-0.3, -0.25) is 0 Å². The van der Waals surface area contributed by atoms with Crippen LogP contribution in [0, 0.1) is 23.0 Å². The molecule has 0 fully saturated rings. The normalized spacial score (nSPS) is 11.7. The first kappa shape index (κ1) is 15.0. The highest BCUT2D eigenvalue weighted by molar-refractivity contribution is 5.49. The molecule has 1 atom stereocenters. The van der Waals surface area contributed by atoms with Crippen LogP contribution < -0.4 is 5.32 Å². The molecule has 0 aliphatic heterocycles. The van der Waals surface area contributed by atoms with Crippen molar-refractivity contribution in [1.29, 1.82) is 5.26 Å². The van der Waals surface area contributed by atoms with E-state index in [2.05, 4.69) is 12.2 Å². The van der Waals surface area contributed by atoms with Crippen molar-refractivity contribution < 1.29 is 8.78 Å². The Hall–Kier alpha value is -2.41. The standard InChI is InChI=1S/C17H16F2N2/c1-12(13-5-3-2-4-6-13)9-10-21-15-8-7-14(11-20)16(18)17(15)19/h2-8,12,21H,9-10H2,1H3. The van der Waals surface area contributed by atoms with Gasteiger partial charge in [0, 0.05) is 6.54 Å². The second-order valence-electron chi connectivity index (χ2n) is 4.93. The van der Waals surface area contributed by atoms with E-state index in [4.69, 9.17) is 5.26 Å². The second kappa shape index (κ2) is 6.85. The molecule has 21 heavy (non-hydrogen) atoms. The summed E-state index contributed by atoms with van der Waals surface area (Å²) in [7, 11) is 0. The molecule has 2 rings (SSSR count). The number of hydrogen-bond acceptors (Lipinski definition) is 2. The highest BCUT2D eigenvalue weighted by Gasteiger charge is 2.13. The summed E-state index contributed by atoms with van der Waals surface area (Å²) in [6.45, 7) is 2.62. The molecular formula is C17H16F2N2. The summed E-state index contributed by atoms with van der Waals surface area (Å²) in [6, 6.07) is 14.3. The lowest BCUT2D eigenvalue weighted by Crippen LogP contribution is -2.08. The van der Waals surface area contributed by atoms with Crippen molar-refractivity contribution in [3.8, 4) is 6.07 Å². The molecule has 0 bridgehead atoms. The van der Waals surface area contributed by atoms with Crippen LogP contribution in [0.5, 0.6) is 0 Å². The van der Waals surface area contributed by atoms with E-state index in [1.165, 1.54) is 17.7 Å². The molecule has 0 heterocycles. The number of hydrogen-bond donors (Lipinski definition) is 1. The zero-order valence-corrected chi connectivity index (χ0v) is 11.7. The molecule has 4 heteroatoms. The fourth-order valence-corrected chi connectivity index (χ4v) is 2.14. The zero-order valence-electron chi connectivity index (χ0n) is 11.7. The summed E-state index contributed by atoms with van der Waals surface area (Å²) in [5, 5.41) is 11.5. The molecule has 108 valence electrons. The molecule has 1 unspecified atom stereocenters. The number of anilines is 1. The van der Waals surface area contributed by atoms with Crippen molar-refractivity contribution in [2.75, 3.05) is 11.9 Å². The lowest BCUT2D eigenvalue weighted by molar-refractivity contribution is 0.508. The van der Waals surface area contributed by atoms with Gasteiger partial charge in [-0.1, -0.05) is 37.3 Å². The van der Waals surface area contributed by atoms with Crippen LogP contribution in [0.4, 0.5) is 14.5 Å². The van der Waals surface area contributed by atoms with Crippen molar-refractivity contribution in [3.63, 3.8) is 0 Å². The minimum Gasteiger partial charge on any atom is -0.383 e. The largest absolute Gasteiger partial charge is 0.383 e. The zero-order chi connectivity index (χ0) is 15.2. The van der Waals surface area contributed by atoms with Gasteiger partial charge >= 0.3 is 0 Å². The van der Waals surface area contributed by atoms with Crippen molar-refractivity contribution in [1.82, 2.24) is 0 Å². The Bertz CT molecular complexity index is 648. The topological polar surface area (TPSA) is 35.8 Å². The van der Waals surface area contributed by atoms with Crippen LogP contribution >= 0.6 is 0 Å². The monoisotopic (exact) mass is 286 g/mol. The second-order valence-corrected chi connectivity index (χ2v) is 4.93. The molecule has 2 aromatic rings. The third kappa shape index (κ3) is 3.57. The van der Waals surface area contributed by atoms with E-state index in [1.54, 1.807) is 6.07 Å². The van der Waals surface area contributed by atoms with Gasteiger partial charge < -0.3 is 5.32 Å². The fourth-order valence-electron chi connectivity index (χ4n) is 2.14. The number of nitriles is 1. The van der Waals surface area contributed by atoms with Crippen LogP contribution in [0.15, 0.2) is 42.5 Å². The van der Waals surface area contributed by atoms with Crippen molar-refractivity contribution >= 4 is 5.69 Å². The van der Waals surface area contributed by atoms with Gasteiger partial charge in [0.15, 0.2) is 11.6 Å². The van der Waals surface area contributed by atoms with Crippen molar-refractivity contribution in [2.24, 2.45) is 0 Å². The van der Waals surface area contributed by atoms with Crippen LogP contribution in [0.3, 0.4) is 0 Å². The van der Waals surface area contributed by atoms with Gasteiger partial charge in [-0.05, 0) is 30.0 Å². The van der Waals surface area contributed by atoms with Crippen LogP contribution in [0.1, 0.15) is 30.4 Å². The van der Waals surface area contributed by atoms with E-state index >= 15 is 0 Å². The first-order valence-electron chi connectivity index (χ1n) is 6.80. The Kier molecular flexibility index (Phi) is 4.89. The van der Waals surface area contributed by atoms with E-state index in [0.717, 1.165) is 6.42 Å². The molecule has 0 saturated heterocycles. The molecule has 2 aromatic carbocycles. The minimum atomic E-state index is -1.10. The number of halogens is 2. The van der Waals surface area contributed by atoms with E-state index in [1.807, 2.05) is 30.3 Å². The first-order chi connectivity index (χ1) is 10.1. The van der Waals surface area contributed by atoms with E-state index in [0.29, 0.717) is 12.5 Å². The summed E-state index contributed by atoms with van der Waals surface area (Å²) in [4.78, 5) is 0. The van der Waals surface area contributed by atoms with Crippen LogP contribution in [-0.4, -0.2) is 6.54 Å². The Morgan fingerprint density at radius 3 is 2.48 bits per heavy atom. The first-order valence-corrected chi connectivity index (χ1v) is 6.80. The third-order valence-corrected chi connectivity index (χ3v) is 3.46. The molecule has 0 radical (unpaired) electrons. The summed E-state index contributed by atoms with van der Waals surface area (Å²) in [6.07, 6.45) is 0.797. The minimum absolute atomic E-state index is 0.0896. The van der Waals surface area contributed by atoms with Gasteiger partial charge in [0.2, 0.25) is 0 Å². The average molecular weight is 286 g/mol. The average Bonchev–Trinajstić information content (AvgIpc) is 2.52. The predicted molar refractivity (Wildman–Crippen MR) is 79.0 cm³/mol. The Balaban J connectivity index is 1.95. The number of benzene rings is 2. The number of nitrogens with zero attached hydrogens (tertiary/aromatic N) is 1. The maximum atomic E-state index is 13.7. The summed E-state index contributed by atoms with van der Waals surface area (Å²) in [5.41, 5.74) is 1.02. The molecular weight excluding hydrogens is 270 g/mol. The summed E-state index contributed by atoms with van der Waals surface area (Å²) < 4.78 is 27.2. The van der Waals surface area contributed by atoms with Crippen LogP contribution in [0.2, 0.25) is 0 Å². The summed E-state index contributed by atoms with van der Waals surface area (Å²) >= 11 is 0. The smallest absolute Gasteiger partial charge is 0.183 e. The van der Waals surface area contributed by atoms with E-state index in [9.17, 15) is 8.78 Å². The predicted octanol–water partition coefficient (Wildman–Crippen LogP) is 4.44. The number of nitrogens with one attached hydrogen (secondary N) is 1.